The van der Waals surface area contributed by atoms with Gasteiger partial charge >= 0.3 is 0 Å². The zero-order valence-electron chi connectivity index (χ0n) is 14.9. The first kappa shape index (κ1) is 17.3. The first-order valence-corrected chi connectivity index (χ1v) is 9.48. The van der Waals surface area contributed by atoms with Gasteiger partial charge in [-0.3, -0.25) is 9.69 Å². The van der Waals surface area contributed by atoms with Gasteiger partial charge in [0.15, 0.2) is 0 Å². The Bertz CT molecular complexity index is 738. The molecule has 0 bridgehead atoms. The SMILES string of the molecule is O=C(C1CCN(Cc2ccco2)CC1)N1CCC(c2ccccc2F)C1. The van der Waals surface area contributed by atoms with Crippen molar-refractivity contribution in [1.29, 1.82) is 0 Å². The van der Waals surface area contributed by atoms with Crippen LogP contribution in [0.4, 0.5) is 4.39 Å². The first-order chi connectivity index (χ1) is 12.7. The number of carbonyl (C=O) groups excluding carboxylic acids is 1. The van der Waals surface area contributed by atoms with Gasteiger partial charge in [0.25, 0.3) is 0 Å². The van der Waals surface area contributed by atoms with Crippen LogP contribution >= 0.6 is 0 Å². The number of piperidine rings is 1. The summed E-state index contributed by atoms with van der Waals surface area (Å²) in [5, 5.41) is 0. The third kappa shape index (κ3) is 3.68. The Kier molecular flexibility index (Phi) is 5.07. The maximum absolute atomic E-state index is 14.0. The molecule has 1 atom stereocenters. The number of nitrogens with zero attached hydrogens (tertiary/aromatic N) is 2. The standard InChI is InChI=1S/C21H25FN2O2/c22-20-6-2-1-5-19(20)17-9-12-24(14-17)21(25)16-7-10-23(11-8-16)15-18-4-3-13-26-18/h1-6,13,16-17H,7-12,14-15H2. The van der Waals surface area contributed by atoms with E-state index in [2.05, 4.69) is 4.90 Å². The van der Waals surface area contributed by atoms with E-state index in [0.29, 0.717) is 6.54 Å². The molecule has 2 fully saturated rings. The highest BCUT2D eigenvalue weighted by atomic mass is 19.1. The molecular weight excluding hydrogens is 331 g/mol. The molecule has 0 radical (unpaired) electrons. The van der Waals surface area contributed by atoms with Gasteiger partial charge < -0.3 is 9.32 Å². The number of rotatable bonds is 4. The van der Waals surface area contributed by atoms with Crippen molar-refractivity contribution in [3.8, 4) is 0 Å². The normalized spacial score (nSPS) is 22.0. The van der Waals surface area contributed by atoms with Crippen LogP contribution in [0.3, 0.4) is 0 Å². The highest BCUT2D eigenvalue weighted by Gasteiger charge is 2.34. The van der Waals surface area contributed by atoms with Crippen LogP contribution < -0.4 is 0 Å². The quantitative estimate of drug-likeness (QED) is 0.839. The van der Waals surface area contributed by atoms with Crippen molar-refractivity contribution in [2.45, 2.75) is 31.7 Å². The molecule has 1 unspecified atom stereocenters. The van der Waals surface area contributed by atoms with Crippen LogP contribution in [0.25, 0.3) is 0 Å². The lowest BCUT2D eigenvalue weighted by atomic mass is 9.95. The number of amides is 1. The lowest BCUT2D eigenvalue weighted by Gasteiger charge is -2.32. The Balaban J connectivity index is 1.30. The molecule has 0 saturated carbocycles. The molecule has 1 aromatic carbocycles. The molecule has 1 aromatic heterocycles. The van der Waals surface area contributed by atoms with Crippen molar-refractivity contribution in [3.05, 3.63) is 59.8 Å². The van der Waals surface area contributed by atoms with Crippen molar-refractivity contribution in [2.75, 3.05) is 26.2 Å². The lowest BCUT2D eigenvalue weighted by Crippen LogP contribution is -2.41. The van der Waals surface area contributed by atoms with Crippen LogP contribution in [0.1, 0.15) is 36.5 Å². The maximum atomic E-state index is 14.0. The Labute approximate surface area is 153 Å². The molecule has 2 saturated heterocycles. The van der Waals surface area contributed by atoms with E-state index in [1.807, 2.05) is 29.2 Å². The van der Waals surface area contributed by atoms with E-state index < -0.39 is 0 Å². The molecular formula is C21H25FN2O2. The first-order valence-electron chi connectivity index (χ1n) is 9.48. The molecule has 1 amide bonds. The number of hydrogen-bond acceptors (Lipinski definition) is 3. The van der Waals surface area contributed by atoms with Crippen LogP contribution in [-0.2, 0) is 11.3 Å². The van der Waals surface area contributed by atoms with Gasteiger partial charge in [-0.15, -0.1) is 0 Å². The number of hydrogen-bond donors (Lipinski definition) is 0. The van der Waals surface area contributed by atoms with E-state index in [-0.39, 0.29) is 23.6 Å². The summed E-state index contributed by atoms with van der Waals surface area (Å²) >= 11 is 0. The van der Waals surface area contributed by atoms with Crippen molar-refractivity contribution in [3.63, 3.8) is 0 Å². The second-order valence-corrected chi connectivity index (χ2v) is 7.42. The average Bonchev–Trinajstić information content (AvgIpc) is 3.34. The number of likely N-dealkylation sites (tertiary alicyclic amines) is 2. The molecule has 26 heavy (non-hydrogen) atoms. The molecule has 0 spiro atoms. The highest BCUT2D eigenvalue weighted by molar-refractivity contribution is 5.79. The van der Waals surface area contributed by atoms with Crippen LogP contribution in [0.5, 0.6) is 0 Å². The molecule has 2 aliphatic heterocycles. The minimum atomic E-state index is -0.155. The fraction of sp³-hybridized carbons (Fsp3) is 0.476. The van der Waals surface area contributed by atoms with Gasteiger partial charge in [0.1, 0.15) is 11.6 Å². The summed E-state index contributed by atoms with van der Waals surface area (Å²) in [6.45, 7) is 4.03. The second-order valence-electron chi connectivity index (χ2n) is 7.42. The largest absolute Gasteiger partial charge is 0.468 e. The third-order valence-corrected chi connectivity index (χ3v) is 5.74. The van der Waals surface area contributed by atoms with Crippen LogP contribution in [0.2, 0.25) is 0 Å². The van der Waals surface area contributed by atoms with Gasteiger partial charge in [-0.1, -0.05) is 18.2 Å². The Morgan fingerprint density at radius 2 is 1.88 bits per heavy atom. The smallest absolute Gasteiger partial charge is 0.225 e. The minimum Gasteiger partial charge on any atom is -0.468 e. The van der Waals surface area contributed by atoms with Crippen molar-refractivity contribution >= 4 is 5.91 Å². The molecule has 4 nitrogen and oxygen atoms in total. The maximum Gasteiger partial charge on any atom is 0.225 e. The van der Waals surface area contributed by atoms with E-state index in [1.54, 1.807) is 12.3 Å². The summed E-state index contributed by atoms with van der Waals surface area (Å²) in [4.78, 5) is 17.2. The fourth-order valence-electron chi connectivity index (χ4n) is 4.24. The van der Waals surface area contributed by atoms with Gasteiger partial charge in [-0.25, -0.2) is 4.39 Å². The predicted molar refractivity (Wildman–Crippen MR) is 97.0 cm³/mol. The summed E-state index contributed by atoms with van der Waals surface area (Å²) in [6.07, 6.45) is 4.33. The van der Waals surface area contributed by atoms with E-state index >= 15 is 0 Å². The molecule has 3 heterocycles. The molecule has 5 heteroatoms. The minimum absolute atomic E-state index is 0.0993. The number of furan rings is 1. The van der Waals surface area contributed by atoms with Gasteiger partial charge in [-0.2, -0.15) is 0 Å². The Morgan fingerprint density at radius 1 is 1.08 bits per heavy atom. The van der Waals surface area contributed by atoms with Crippen molar-refractivity contribution < 1.29 is 13.6 Å². The molecule has 0 N–H and O–H groups in total. The van der Waals surface area contributed by atoms with Crippen molar-refractivity contribution in [1.82, 2.24) is 9.80 Å². The van der Waals surface area contributed by atoms with E-state index in [0.717, 1.165) is 56.8 Å². The molecule has 0 aliphatic carbocycles. The second kappa shape index (κ2) is 7.62. The number of halogens is 1. The number of carbonyl (C=O) groups is 1. The summed E-state index contributed by atoms with van der Waals surface area (Å²) in [7, 11) is 0. The topological polar surface area (TPSA) is 36.7 Å². The lowest BCUT2D eigenvalue weighted by molar-refractivity contribution is -0.136. The summed E-state index contributed by atoms with van der Waals surface area (Å²) in [6, 6.07) is 10.8. The summed E-state index contributed by atoms with van der Waals surface area (Å²) < 4.78 is 19.4. The summed E-state index contributed by atoms with van der Waals surface area (Å²) in [5.41, 5.74) is 0.746. The van der Waals surface area contributed by atoms with Gasteiger partial charge in [0, 0.05) is 24.9 Å². The van der Waals surface area contributed by atoms with Crippen LogP contribution in [-0.4, -0.2) is 41.9 Å². The van der Waals surface area contributed by atoms with Crippen molar-refractivity contribution in [2.24, 2.45) is 5.92 Å². The summed E-state index contributed by atoms with van der Waals surface area (Å²) in [5.74, 6) is 1.29. The highest BCUT2D eigenvalue weighted by Crippen LogP contribution is 2.31. The van der Waals surface area contributed by atoms with Gasteiger partial charge in [0.05, 0.1) is 12.8 Å². The predicted octanol–water partition coefficient (Wildman–Crippen LogP) is 3.65. The monoisotopic (exact) mass is 356 g/mol. The zero-order valence-corrected chi connectivity index (χ0v) is 14.9. The van der Waals surface area contributed by atoms with Gasteiger partial charge in [0.2, 0.25) is 5.91 Å². The van der Waals surface area contributed by atoms with Gasteiger partial charge in [-0.05, 0) is 56.1 Å². The van der Waals surface area contributed by atoms with Crippen LogP contribution in [0.15, 0.2) is 47.1 Å². The molecule has 4 rings (SSSR count). The molecule has 2 aliphatic rings. The zero-order chi connectivity index (χ0) is 17.9. The third-order valence-electron chi connectivity index (χ3n) is 5.74. The Morgan fingerprint density at radius 3 is 2.62 bits per heavy atom. The van der Waals surface area contributed by atoms with E-state index in [1.165, 1.54) is 6.07 Å². The fourth-order valence-corrected chi connectivity index (χ4v) is 4.24. The average molecular weight is 356 g/mol. The molecule has 138 valence electrons. The van der Waals surface area contributed by atoms with E-state index in [4.69, 9.17) is 4.42 Å². The van der Waals surface area contributed by atoms with E-state index in [9.17, 15) is 9.18 Å². The number of benzene rings is 1. The molecule has 2 aromatic rings. The Hall–Kier alpha value is -2.14. The van der Waals surface area contributed by atoms with Crippen LogP contribution in [0, 0.1) is 11.7 Å².